The second kappa shape index (κ2) is 9.20. The van der Waals surface area contributed by atoms with Crippen molar-refractivity contribution in [3.05, 3.63) is 24.4 Å². The van der Waals surface area contributed by atoms with Crippen molar-refractivity contribution in [3.63, 3.8) is 0 Å². The van der Waals surface area contributed by atoms with E-state index in [0.29, 0.717) is 18.8 Å². The molecule has 20 heavy (non-hydrogen) atoms. The lowest BCUT2D eigenvalue weighted by atomic mass is 9.90. The Labute approximate surface area is 125 Å². The summed E-state index contributed by atoms with van der Waals surface area (Å²) in [5.41, 5.74) is 1.26. The van der Waals surface area contributed by atoms with Gasteiger partial charge in [0, 0.05) is 19.3 Å². The van der Waals surface area contributed by atoms with E-state index in [1.165, 1.54) is 5.57 Å². The lowest BCUT2D eigenvalue weighted by Crippen LogP contribution is -2.25. The van der Waals surface area contributed by atoms with Gasteiger partial charge in [0.15, 0.2) is 0 Å². The minimum atomic E-state index is -1.03. The standard InChI is InChI=1S/C18H34FN/c1-8-10-12-18(6,19)13-11-16(4)17(5)20(7)14-15(3)9-2/h16H,3,5,8-14H2,1-2,4,6-7H3. The summed E-state index contributed by atoms with van der Waals surface area (Å²) in [5, 5.41) is 0. The third-order valence-electron chi connectivity index (χ3n) is 4.17. The molecule has 0 fully saturated rings. The summed E-state index contributed by atoms with van der Waals surface area (Å²) in [4.78, 5) is 2.15. The number of nitrogens with zero attached hydrogens (tertiary/aromatic N) is 1. The van der Waals surface area contributed by atoms with Crippen LogP contribution >= 0.6 is 0 Å². The number of alkyl halides is 1. The zero-order chi connectivity index (χ0) is 15.8. The highest BCUT2D eigenvalue weighted by Crippen LogP contribution is 2.29. The average Bonchev–Trinajstić information content (AvgIpc) is 2.41. The fourth-order valence-electron chi connectivity index (χ4n) is 2.28. The van der Waals surface area contributed by atoms with E-state index in [9.17, 15) is 4.39 Å². The summed E-state index contributed by atoms with van der Waals surface area (Å²) in [7, 11) is 2.05. The summed E-state index contributed by atoms with van der Waals surface area (Å²) >= 11 is 0. The molecule has 2 heteroatoms. The summed E-state index contributed by atoms with van der Waals surface area (Å²) < 4.78 is 14.3. The Balaban J connectivity index is 4.22. The van der Waals surface area contributed by atoms with E-state index in [2.05, 4.69) is 38.8 Å². The number of hydrogen-bond acceptors (Lipinski definition) is 1. The Hall–Kier alpha value is -0.790. The van der Waals surface area contributed by atoms with Crippen LogP contribution in [0.5, 0.6) is 0 Å². The van der Waals surface area contributed by atoms with Gasteiger partial charge in [-0.05, 0) is 38.5 Å². The minimum Gasteiger partial charge on any atom is -0.374 e. The molecule has 0 saturated heterocycles. The van der Waals surface area contributed by atoms with Crippen molar-refractivity contribution in [2.24, 2.45) is 5.92 Å². The van der Waals surface area contributed by atoms with E-state index in [-0.39, 0.29) is 0 Å². The Morgan fingerprint density at radius 2 is 1.85 bits per heavy atom. The first-order valence-electron chi connectivity index (χ1n) is 7.99. The third-order valence-corrected chi connectivity index (χ3v) is 4.17. The van der Waals surface area contributed by atoms with Gasteiger partial charge in [0.05, 0.1) is 0 Å². The van der Waals surface area contributed by atoms with E-state index < -0.39 is 5.67 Å². The quantitative estimate of drug-likeness (QED) is 0.437. The molecule has 2 unspecified atom stereocenters. The molecule has 0 spiro atoms. The second-order valence-electron chi connectivity index (χ2n) is 6.41. The van der Waals surface area contributed by atoms with E-state index in [1.807, 2.05) is 7.05 Å². The third kappa shape index (κ3) is 7.72. The summed E-state index contributed by atoms with van der Waals surface area (Å²) in [6.07, 6.45) is 5.17. The molecule has 0 rings (SSSR count). The van der Waals surface area contributed by atoms with Crippen LogP contribution < -0.4 is 0 Å². The van der Waals surface area contributed by atoms with Gasteiger partial charge in [0.2, 0.25) is 0 Å². The van der Waals surface area contributed by atoms with Crippen molar-refractivity contribution in [3.8, 4) is 0 Å². The average molecular weight is 283 g/mol. The number of likely N-dealkylation sites (N-methyl/N-ethyl adjacent to an activating group) is 1. The van der Waals surface area contributed by atoms with Crippen LogP contribution in [0.15, 0.2) is 24.4 Å². The molecule has 0 N–H and O–H groups in total. The highest BCUT2D eigenvalue weighted by molar-refractivity contribution is 5.04. The fourth-order valence-corrected chi connectivity index (χ4v) is 2.28. The molecule has 0 aliphatic rings. The van der Waals surface area contributed by atoms with Gasteiger partial charge in [-0.25, -0.2) is 4.39 Å². The smallest absolute Gasteiger partial charge is 0.108 e. The van der Waals surface area contributed by atoms with Gasteiger partial charge in [0.1, 0.15) is 5.67 Å². The Kier molecular flexibility index (Phi) is 8.84. The van der Waals surface area contributed by atoms with Crippen molar-refractivity contribution >= 4 is 0 Å². The van der Waals surface area contributed by atoms with Crippen LogP contribution in [-0.2, 0) is 0 Å². The predicted molar refractivity (Wildman–Crippen MR) is 88.6 cm³/mol. The topological polar surface area (TPSA) is 3.24 Å². The Morgan fingerprint density at radius 1 is 1.25 bits per heavy atom. The Morgan fingerprint density at radius 3 is 2.35 bits per heavy atom. The van der Waals surface area contributed by atoms with E-state index in [4.69, 9.17) is 0 Å². The van der Waals surface area contributed by atoms with Crippen LogP contribution in [0.25, 0.3) is 0 Å². The van der Waals surface area contributed by atoms with Crippen LogP contribution in [0, 0.1) is 5.92 Å². The minimum absolute atomic E-state index is 0.321. The van der Waals surface area contributed by atoms with E-state index in [0.717, 1.165) is 37.9 Å². The maximum atomic E-state index is 14.3. The first-order valence-corrected chi connectivity index (χ1v) is 7.99. The summed E-state index contributed by atoms with van der Waals surface area (Å²) in [6.45, 7) is 17.1. The molecule has 1 nitrogen and oxygen atoms in total. The number of halogens is 1. The number of hydrogen-bond donors (Lipinski definition) is 0. The molecule has 0 aromatic heterocycles. The monoisotopic (exact) mass is 283 g/mol. The zero-order valence-corrected chi connectivity index (χ0v) is 14.3. The first-order chi connectivity index (χ1) is 9.23. The maximum absolute atomic E-state index is 14.3. The Bertz CT molecular complexity index is 307. The lowest BCUT2D eigenvalue weighted by molar-refractivity contribution is 0.146. The molecule has 0 aromatic rings. The van der Waals surface area contributed by atoms with Crippen LogP contribution in [0.1, 0.15) is 66.2 Å². The molecule has 0 radical (unpaired) electrons. The van der Waals surface area contributed by atoms with Crippen molar-refractivity contribution in [1.29, 1.82) is 0 Å². The molecule has 2 atom stereocenters. The largest absolute Gasteiger partial charge is 0.374 e. The van der Waals surface area contributed by atoms with Gasteiger partial charge in [-0.15, -0.1) is 0 Å². The van der Waals surface area contributed by atoms with Crippen LogP contribution in [-0.4, -0.2) is 24.2 Å². The van der Waals surface area contributed by atoms with E-state index in [1.54, 1.807) is 6.92 Å². The van der Waals surface area contributed by atoms with Gasteiger partial charge in [-0.3, -0.25) is 0 Å². The number of allylic oxidation sites excluding steroid dienone is 1. The van der Waals surface area contributed by atoms with Gasteiger partial charge in [0.25, 0.3) is 0 Å². The first kappa shape index (κ1) is 19.2. The molecular weight excluding hydrogens is 249 g/mol. The molecule has 0 aliphatic carbocycles. The summed E-state index contributed by atoms with van der Waals surface area (Å²) in [6, 6.07) is 0. The fraction of sp³-hybridized carbons (Fsp3) is 0.778. The predicted octanol–water partition coefficient (Wildman–Crippen LogP) is 5.73. The molecular formula is C18H34FN. The van der Waals surface area contributed by atoms with Crippen molar-refractivity contribution in [1.82, 2.24) is 4.90 Å². The number of unbranched alkanes of at least 4 members (excludes halogenated alkanes) is 1. The molecule has 0 bridgehead atoms. The molecule has 0 heterocycles. The van der Waals surface area contributed by atoms with E-state index >= 15 is 0 Å². The zero-order valence-electron chi connectivity index (χ0n) is 14.3. The molecule has 118 valence electrons. The van der Waals surface area contributed by atoms with Gasteiger partial charge in [-0.1, -0.05) is 52.3 Å². The van der Waals surface area contributed by atoms with Crippen LogP contribution in [0.2, 0.25) is 0 Å². The highest BCUT2D eigenvalue weighted by Gasteiger charge is 2.24. The van der Waals surface area contributed by atoms with Crippen molar-refractivity contribution in [2.45, 2.75) is 71.9 Å². The van der Waals surface area contributed by atoms with Gasteiger partial charge >= 0.3 is 0 Å². The van der Waals surface area contributed by atoms with Gasteiger partial charge in [-0.2, -0.15) is 0 Å². The van der Waals surface area contributed by atoms with Crippen molar-refractivity contribution < 1.29 is 4.39 Å². The van der Waals surface area contributed by atoms with Gasteiger partial charge < -0.3 is 4.90 Å². The highest BCUT2D eigenvalue weighted by atomic mass is 19.1. The maximum Gasteiger partial charge on any atom is 0.108 e. The molecule has 0 saturated carbocycles. The number of rotatable bonds is 11. The lowest BCUT2D eigenvalue weighted by Gasteiger charge is -2.29. The summed E-state index contributed by atoms with van der Waals surface area (Å²) in [5.74, 6) is 0.321. The SMILES string of the molecule is C=C(CC)CN(C)C(=C)C(C)CCC(C)(F)CCCC. The van der Waals surface area contributed by atoms with Crippen molar-refractivity contribution in [2.75, 3.05) is 13.6 Å². The molecule has 0 amide bonds. The van der Waals surface area contributed by atoms with Crippen LogP contribution in [0.4, 0.5) is 4.39 Å². The molecule has 0 aliphatic heterocycles. The van der Waals surface area contributed by atoms with Crippen LogP contribution in [0.3, 0.4) is 0 Å². The molecule has 0 aromatic carbocycles. The second-order valence-corrected chi connectivity index (χ2v) is 6.41. The normalized spacial score (nSPS) is 15.5.